The van der Waals surface area contributed by atoms with Crippen LogP contribution in [0.25, 0.3) is 0 Å². The zero-order valence-corrected chi connectivity index (χ0v) is 12.0. The van der Waals surface area contributed by atoms with Gasteiger partial charge < -0.3 is 11.1 Å². The van der Waals surface area contributed by atoms with Crippen molar-refractivity contribution in [3.63, 3.8) is 0 Å². The molecule has 1 aromatic heterocycles. The number of thiazole rings is 1. The molecular formula is C15H15N3OS. The topological polar surface area (TPSA) is 68.0 Å². The zero-order valence-electron chi connectivity index (χ0n) is 11.1. The quantitative estimate of drug-likeness (QED) is 0.843. The van der Waals surface area contributed by atoms with Gasteiger partial charge in [0.1, 0.15) is 5.01 Å². The highest BCUT2D eigenvalue weighted by Gasteiger charge is 2.06. The number of aromatic nitrogens is 1. The van der Waals surface area contributed by atoms with E-state index in [0.29, 0.717) is 18.7 Å². The fraction of sp³-hybridized carbons (Fsp3) is 0.200. The van der Waals surface area contributed by atoms with Crippen molar-refractivity contribution in [1.82, 2.24) is 10.3 Å². The molecule has 0 atom stereocenters. The van der Waals surface area contributed by atoms with Crippen molar-refractivity contribution >= 4 is 17.2 Å². The number of carbonyl (C=O) groups excluding carboxylic acids is 1. The molecule has 102 valence electrons. The van der Waals surface area contributed by atoms with Crippen LogP contribution in [-0.2, 0) is 6.54 Å². The van der Waals surface area contributed by atoms with E-state index in [1.165, 1.54) is 0 Å². The van der Waals surface area contributed by atoms with Gasteiger partial charge in [-0.05, 0) is 31.2 Å². The van der Waals surface area contributed by atoms with Gasteiger partial charge in [-0.2, -0.15) is 0 Å². The van der Waals surface area contributed by atoms with Crippen molar-refractivity contribution in [3.8, 4) is 11.8 Å². The lowest BCUT2D eigenvalue weighted by Gasteiger charge is -2.03. The zero-order chi connectivity index (χ0) is 14.4. The van der Waals surface area contributed by atoms with Gasteiger partial charge >= 0.3 is 0 Å². The lowest BCUT2D eigenvalue weighted by Crippen LogP contribution is -2.22. The minimum atomic E-state index is -0.115. The van der Waals surface area contributed by atoms with Crippen LogP contribution >= 0.6 is 11.3 Å². The molecule has 5 heteroatoms. The van der Waals surface area contributed by atoms with E-state index in [0.717, 1.165) is 15.4 Å². The van der Waals surface area contributed by atoms with Gasteiger partial charge in [0, 0.05) is 22.2 Å². The summed E-state index contributed by atoms with van der Waals surface area (Å²) in [7, 11) is 0. The number of nitrogens with two attached hydrogens (primary N) is 1. The first-order chi connectivity index (χ1) is 9.69. The Bertz CT molecular complexity index is 650. The van der Waals surface area contributed by atoms with Crippen molar-refractivity contribution in [2.75, 3.05) is 6.54 Å². The van der Waals surface area contributed by atoms with Gasteiger partial charge in [-0.25, -0.2) is 4.98 Å². The van der Waals surface area contributed by atoms with E-state index >= 15 is 0 Å². The summed E-state index contributed by atoms with van der Waals surface area (Å²) in [6, 6.07) is 7.13. The van der Waals surface area contributed by atoms with Crippen LogP contribution in [0, 0.1) is 18.8 Å². The van der Waals surface area contributed by atoms with Crippen molar-refractivity contribution < 1.29 is 4.79 Å². The summed E-state index contributed by atoms with van der Waals surface area (Å²) in [6.45, 7) is 2.77. The summed E-state index contributed by atoms with van der Waals surface area (Å²) >= 11 is 1.58. The maximum atomic E-state index is 12.0. The van der Waals surface area contributed by atoms with Crippen LogP contribution in [0.4, 0.5) is 0 Å². The van der Waals surface area contributed by atoms with E-state index in [2.05, 4.69) is 22.1 Å². The third kappa shape index (κ3) is 3.92. The molecule has 1 amide bonds. The van der Waals surface area contributed by atoms with E-state index in [4.69, 9.17) is 5.73 Å². The molecule has 0 aliphatic rings. The summed E-state index contributed by atoms with van der Waals surface area (Å²) in [6.07, 6.45) is 1.80. The molecule has 1 aromatic carbocycles. The lowest BCUT2D eigenvalue weighted by molar-refractivity contribution is 0.0951. The van der Waals surface area contributed by atoms with Crippen LogP contribution < -0.4 is 11.1 Å². The molecule has 1 heterocycles. The predicted molar refractivity (Wildman–Crippen MR) is 80.4 cm³/mol. The molecule has 0 aliphatic heterocycles. The Hall–Kier alpha value is -2.16. The number of amides is 1. The van der Waals surface area contributed by atoms with E-state index < -0.39 is 0 Å². The molecule has 0 spiro atoms. The number of carbonyl (C=O) groups is 1. The van der Waals surface area contributed by atoms with E-state index in [1.54, 1.807) is 29.7 Å². The molecule has 0 saturated heterocycles. The average molecular weight is 285 g/mol. The molecular weight excluding hydrogens is 270 g/mol. The Balaban J connectivity index is 1.95. The molecule has 3 N–H and O–H groups in total. The lowest BCUT2D eigenvalue weighted by atomic mass is 10.1. The van der Waals surface area contributed by atoms with Crippen LogP contribution in [0.3, 0.4) is 0 Å². The molecule has 0 unspecified atom stereocenters. The van der Waals surface area contributed by atoms with Gasteiger partial charge in [-0.1, -0.05) is 11.8 Å². The number of hydrogen-bond donors (Lipinski definition) is 2. The molecule has 20 heavy (non-hydrogen) atoms. The van der Waals surface area contributed by atoms with Crippen molar-refractivity contribution in [2.45, 2.75) is 13.5 Å². The van der Waals surface area contributed by atoms with Gasteiger partial charge in [-0.15, -0.1) is 11.3 Å². The first kappa shape index (κ1) is 14.3. The highest BCUT2D eigenvalue weighted by molar-refractivity contribution is 7.11. The summed E-state index contributed by atoms with van der Waals surface area (Å²) in [5, 5.41) is 3.75. The van der Waals surface area contributed by atoms with Crippen LogP contribution in [0.15, 0.2) is 30.5 Å². The minimum Gasteiger partial charge on any atom is -0.346 e. The Morgan fingerprint density at radius 1 is 1.40 bits per heavy atom. The second kappa shape index (κ2) is 6.85. The average Bonchev–Trinajstić information content (AvgIpc) is 2.89. The van der Waals surface area contributed by atoms with Crippen LogP contribution in [0.5, 0.6) is 0 Å². The second-order valence-electron chi connectivity index (χ2n) is 4.13. The molecule has 2 rings (SSSR count). The Morgan fingerprint density at radius 2 is 2.15 bits per heavy atom. The summed E-state index contributed by atoms with van der Waals surface area (Å²) in [5.41, 5.74) is 6.77. The van der Waals surface area contributed by atoms with Crippen molar-refractivity contribution in [3.05, 3.63) is 51.5 Å². The molecule has 0 bridgehead atoms. The fourth-order valence-corrected chi connectivity index (χ4v) is 2.33. The monoisotopic (exact) mass is 285 g/mol. The maximum absolute atomic E-state index is 12.0. The molecule has 2 aromatic rings. The fourth-order valence-electron chi connectivity index (χ4n) is 1.60. The number of benzene rings is 1. The Kier molecular flexibility index (Phi) is 4.88. The normalized spacial score (nSPS) is 9.70. The maximum Gasteiger partial charge on any atom is 0.251 e. The standard InChI is InChI=1S/C15H15N3OS/c1-11-9-17-14(20-11)10-18-15(19)13-6-4-12(5-7-13)3-2-8-16/h4-7,9H,8,10,16H2,1H3,(H,18,19). The van der Waals surface area contributed by atoms with Crippen LogP contribution in [-0.4, -0.2) is 17.4 Å². The van der Waals surface area contributed by atoms with E-state index in [1.807, 2.05) is 19.1 Å². The minimum absolute atomic E-state index is 0.115. The SMILES string of the molecule is Cc1cnc(CNC(=O)c2ccc(C#CCN)cc2)s1. The first-order valence-electron chi connectivity index (χ1n) is 6.17. The van der Waals surface area contributed by atoms with Gasteiger partial charge in [-0.3, -0.25) is 4.79 Å². The third-order valence-electron chi connectivity index (χ3n) is 2.55. The van der Waals surface area contributed by atoms with Gasteiger partial charge in [0.15, 0.2) is 0 Å². The Labute approximate surface area is 122 Å². The molecule has 4 nitrogen and oxygen atoms in total. The highest BCUT2D eigenvalue weighted by atomic mass is 32.1. The van der Waals surface area contributed by atoms with E-state index in [9.17, 15) is 4.79 Å². The summed E-state index contributed by atoms with van der Waals surface area (Å²) in [5.74, 6) is 5.57. The van der Waals surface area contributed by atoms with Crippen molar-refractivity contribution in [1.29, 1.82) is 0 Å². The third-order valence-corrected chi connectivity index (χ3v) is 3.46. The Morgan fingerprint density at radius 3 is 2.75 bits per heavy atom. The smallest absolute Gasteiger partial charge is 0.251 e. The van der Waals surface area contributed by atoms with Gasteiger partial charge in [0.2, 0.25) is 0 Å². The first-order valence-corrected chi connectivity index (χ1v) is 6.99. The number of rotatable bonds is 3. The predicted octanol–water partition coefficient (Wildman–Crippen LogP) is 1.69. The highest BCUT2D eigenvalue weighted by Crippen LogP contribution is 2.11. The second-order valence-corrected chi connectivity index (χ2v) is 5.45. The molecule has 0 fully saturated rings. The largest absolute Gasteiger partial charge is 0.346 e. The number of nitrogens with one attached hydrogen (secondary N) is 1. The molecule has 0 aliphatic carbocycles. The van der Waals surface area contributed by atoms with Crippen molar-refractivity contribution in [2.24, 2.45) is 5.73 Å². The van der Waals surface area contributed by atoms with E-state index in [-0.39, 0.29) is 5.91 Å². The number of hydrogen-bond acceptors (Lipinski definition) is 4. The molecule has 0 radical (unpaired) electrons. The molecule has 0 saturated carbocycles. The summed E-state index contributed by atoms with van der Waals surface area (Å²) < 4.78 is 0. The van der Waals surface area contributed by atoms with Crippen LogP contribution in [0.1, 0.15) is 25.8 Å². The van der Waals surface area contributed by atoms with Crippen LogP contribution in [0.2, 0.25) is 0 Å². The number of aryl methyl sites for hydroxylation is 1. The van der Waals surface area contributed by atoms with Gasteiger partial charge in [0.25, 0.3) is 5.91 Å². The number of nitrogens with zero attached hydrogens (tertiary/aromatic N) is 1. The summed E-state index contributed by atoms with van der Waals surface area (Å²) in [4.78, 5) is 17.3. The van der Waals surface area contributed by atoms with Gasteiger partial charge in [0.05, 0.1) is 13.1 Å².